The number of fused-ring (bicyclic) bond motifs is 3. The Hall–Kier alpha value is -2.04. The predicted molar refractivity (Wildman–Crippen MR) is 78.9 cm³/mol. The lowest BCUT2D eigenvalue weighted by molar-refractivity contribution is -0.160. The fraction of sp³-hybridized carbons (Fsp3) is 0.529. The van der Waals surface area contributed by atoms with Crippen molar-refractivity contribution in [1.82, 2.24) is 0 Å². The largest absolute Gasteiger partial charge is 0.508 e. The molecule has 0 aromatic heterocycles. The van der Waals surface area contributed by atoms with Crippen molar-refractivity contribution in [2.45, 2.75) is 44.4 Å². The number of benzene rings is 1. The molecule has 5 heteroatoms. The highest BCUT2D eigenvalue weighted by Crippen LogP contribution is 2.63. The van der Waals surface area contributed by atoms with Gasteiger partial charge in [0.25, 0.3) is 0 Å². The van der Waals surface area contributed by atoms with Gasteiger partial charge < -0.3 is 15.3 Å². The van der Waals surface area contributed by atoms with Crippen molar-refractivity contribution in [2.75, 3.05) is 0 Å². The summed E-state index contributed by atoms with van der Waals surface area (Å²) < 4.78 is 0. The fourth-order valence-electron chi connectivity index (χ4n) is 4.90. The molecule has 2 aliphatic carbocycles. The second kappa shape index (κ2) is 4.48. The summed E-state index contributed by atoms with van der Waals surface area (Å²) in [5.74, 6) is -3.35. The average molecular weight is 304 g/mol. The normalized spacial score (nSPS) is 36.5. The van der Waals surface area contributed by atoms with E-state index in [4.69, 9.17) is 0 Å². The van der Waals surface area contributed by atoms with E-state index in [9.17, 15) is 24.9 Å². The van der Waals surface area contributed by atoms with E-state index in [2.05, 4.69) is 0 Å². The van der Waals surface area contributed by atoms with Crippen LogP contribution in [-0.4, -0.2) is 27.3 Å². The number of aromatic hydroxyl groups is 1. The van der Waals surface area contributed by atoms with Crippen LogP contribution < -0.4 is 0 Å². The average Bonchev–Trinajstić information content (AvgIpc) is 2.68. The molecule has 0 heterocycles. The number of hydrogen-bond acceptors (Lipinski definition) is 3. The van der Waals surface area contributed by atoms with Crippen molar-refractivity contribution < 1.29 is 24.9 Å². The summed E-state index contributed by atoms with van der Waals surface area (Å²) in [6.45, 7) is 3.63. The predicted octanol–water partition coefficient (Wildman–Crippen LogP) is 2.72. The number of carboxylic acids is 2. The van der Waals surface area contributed by atoms with Crippen LogP contribution in [0.3, 0.4) is 0 Å². The molecule has 118 valence electrons. The first-order valence-corrected chi connectivity index (χ1v) is 7.51. The van der Waals surface area contributed by atoms with Crippen LogP contribution in [0, 0.1) is 11.3 Å². The Balaban J connectivity index is 2.27. The highest BCUT2D eigenvalue weighted by Gasteiger charge is 2.62. The van der Waals surface area contributed by atoms with Crippen molar-refractivity contribution in [3.63, 3.8) is 0 Å². The lowest BCUT2D eigenvalue weighted by Crippen LogP contribution is -2.50. The van der Waals surface area contributed by atoms with Crippen LogP contribution in [-0.2, 0) is 15.0 Å². The van der Waals surface area contributed by atoms with Gasteiger partial charge in [-0.3, -0.25) is 9.59 Å². The highest BCUT2D eigenvalue weighted by atomic mass is 16.4. The first-order valence-electron chi connectivity index (χ1n) is 7.51. The van der Waals surface area contributed by atoms with Gasteiger partial charge in [0.05, 0.1) is 11.3 Å². The SMILES string of the molecule is C[C@@]1(C(=O)O)CCC[C@@]2(C)c3ccc(O)cc3[C@H](C(=O)O)[C@H]12. The minimum atomic E-state index is -1.08. The summed E-state index contributed by atoms with van der Waals surface area (Å²) in [7, 11) is 0. The van der Waals surface area contributed by atoms with Crippen LogP contribution in [0.1, 0.15) is 50.2 Å². The van der Waals surface area contributed by atoms with Gasteiger partial charge in [-0.25, -0.2) is 0 Å². The molecule has 1 aromatic carbocycles. The third-order valence-electron chi connectivity index (χ3n) is 5.84. The Morgan fingerprint density at radius 2 is 1.86 bits per heavy atom. The van der Waals surface area contributed by atoms with Gasteiger partial charge in [-0.05, 0) is 48.4 Å². The molecular weight excluding hydrogens is 284 g/mol. The number of phenolic OH excluding ortho intramolecular Hbond substituents is 1. The maximum atomic E-state index is 11.9. The minimum Gasteiger partial charge on any atom is -0.508 e. The minimum absolute atomic E-state index is 0.0178. The van der Waals surface area contributed by atoms with Gasteiger partial charge in [0.15, 0.2) is 0 Å². The molecule has 1 fully saturated rings. The molecule has 3 N–H and O–H groups in total. The maximum Gasteiger partial charge on any atom is 0.311 e. The maximum absolute atomic E-state index is 11.9. The Morgan fingerprint density at radius 1 is 1.18 bits per heavy atom. The molecule has 3 rings (SSSR count). The third-order valence-corrected chi connectivity index (χ3v) is 5.84. The lowest BCUT2D eigenvalue weighted by atomic mass is 9.54. The molecule has 1 saturated carbocycles. The topological polar surface area (TPSA) is 94.8 Å². The van der Waals surface area contributed by atoms with Gasteiger partial charge in [-0.15, -0.1) is 0 Å². The second-order valence-corrected chi connectivity index (χ2v) is 7.06. The third kappa shape index (κ3) is 1.71. The molecule has 0 unspecified atom stereocenters. The molecule has 4 atom stereocenters. The number of carboxylic acid groups (broad SMARTS) is 2. The summed E-state index contributed by atoms with van der Waals surface area (Å²) >= 11 is 0. The molecule has 5 nitrogen and oxygen atoms in total. The number of hydrogen-bond donors (Lipinski definition) is 3. The molecule has 0 spiro atoms. The zero-order valence-electron chi connectivity index (χ0n) is 12.7. The van der Waals surface area contributed by atoms with E-state index in [0.717, 1.165) is 18.4 Å². The van der Waals surface area contributed by atoms with Crippen molar-refractivity contribution in [3.05, 3.63) is 29.3 Å². The van der Waals surface area contributed by atoms with Crippen LogP contribution >= 0.6 is 0 Å². The number of phenols is 1. The van der Waals surface area contributed by atoms with E-state index in [-0.39, 0.29) is 5.75 Å². The Kier molecular flexibility index (Phi) is 3.03. The quantitative estimate of drug-likeness (QED) is 0.781. The summed E-state index contributed by atoms with van der Waals surface area (Å²) in [5, 5.41) is 29.2. The molecule has 0 saturated heterocycles. The first kappa shape index (κ1) is 14.9. The number of carbonyl (C=O) groups is 2. The molecule has 2 aliphatic rings. The van der Waals surface area contributed by atoms with E-state index in [1.54, 1.807) is 19.1 Å². The van der Waals surface area contributed by atoms with E-state index in [1.165, 1.54) is 6.07 Å². The highest BCUT2D eigenvalue weighted by molar-refractivity contribution is 5.84. The fourth-order valence-corrected chi connectivity index (χ4v) is 4.90. The van der Waals surface area contributed by atoms with Crippen LogP contribution in [0.5, 0.6) is 5.75 Å². The smallest absolute Gasteiger partial charge is 0.311 e. The molecular formula is C17H20O5. The Bertz CT molecular complexity index is 667. The Labute approximate surface area is 128 Å². The molecule has 0 aliphatic heterocycles. The van der Waals surface area contributed by atoms with Crippen LogP contribution in [0.25, 0.3) is 0 Å². The number of rotatable bonds is 2. The molecule has 1 aromatic rings. The zero-order valence-corrected chi connectivity index (χ0v) is 12.7. The molecule has 22 heavy (non-hydrogen) atoms. The van der Waals surface area contributed by atoms with Crippen LogP contribution in [0.4, 0.5) is 0 Å². The molecule has 0 amide bonds. The summed E-state index contributed by atoms with van der Waals surface area (Å²) in [6, 6.07) is 4.80. The van der Waals surface area contributed by atoms with Crippen LogP contribution in [0.2, 0.25) is 0 Å². The first-order chi connectivity index (χ1) is 10.2. The van der Waals surface area contributed by atoms with Crippen LogP contribution in [0.15, 0.2) is 18.2 Å². The van der Waals surface area contributed by atoms with Gasteiger partial charge in [-0.1, -0.05) is 19.4 Å². The van der Waals surface area contributed by atoms with Gasteiger partial charge in [0.1, 0.15) is 5.75 Å². The Morgan fingerprint density at radius 3 is 2.45 bits per heavy atom. The second-order valence-electron chi connectivity index (χ2n) is 7.06. The van der Waals surface area contributed by atoms with Crippen molar-refractivity contribution in [3.8, 4) is 5.75 Å². The van der Waals surface area contributed by atoms with Gasteiger partial charge in [-0.2, -0.15) is 0 Å². The molecule has 0 bridgehead atoms. The van der Waals surface area contributed by atoms with E-state index in [1.807, 2.05) is 6.92 Å². The zero-order chi connectivity index (χ0) is 16.3. The monoisotopic (exact) mass is 304 g/mol. The lowest BCUT2D eigenvalue weighted by Gasteiger charge is -2.48. The van der Waals surface area contributed by atoms with Gasteiger partial charge in [0, 0.05) is 5.92 Å². The van der Waals surface area contributed by atoms with Gasteiger partial charge >= 0.3 is 11.9 Å². The van der Waals surface area contributed by atoms with E-state index < -0.39 is 34.6 Å². The van der Waals surface area contributed by atoms with Crippen molar-refractivity contribution in [1.29, 1.82) is 0 Å². The van der Waals surface area contributed by atoms with Gasteiger partial charge in [0.2, 0.25) is 0 Å². The van der Waals surface area contributed by atoms with Crippen molar-refractivity contribution >= 4 is 11.9 Å². The summed E-state index contributed by atoms with van der Waals surface area (Å²) in [5.41, 5.74) is -0.133. The van der Waals surface area contributed by atoms with Crippen molar-refractivity contribution in [2.24, 2.45) is 11.3 Å². The van der Waals surface area contributed by atoms with E-state index in [0.29, 0.717) is 12.0 Å². The molecule has 0 radical (unpaired) electrons. The summed E-state index contributed by atoms with van der Waals surface area (Å²) in [4.78, 5) is 23.8. The number of aliphatic carboxylic acids is 2. The standard InChI is InChI=1S/C17H20O5/c1-16-6-3-7-17(2,15(21)22)13(16)12(14(19)20)10-8-9(18)4-5-11(10)16/h4-5,8,12-13,18H,3,6-7H2,1-2H3,(H,19,20)(H,21,22)/t12-,13-,16-,17+/m0/s1. The summed E-state index contributed by atoms with van der Waals surface area (Å²) in [6.07, 6.45) is 2.00. The van der Waals surface area contributed by atoms with E-state index >= 15 is 0 Å².